The fraction of sp³-hybridized carbons (Fsp3) is 0.286. The first-order valence-electron chi connectivity index (χ1n) is 6.63. The number of nitrogens with zero attached hydrogens (tertiary/aromatic N) is 3. The molecule has 0 bridgehead atoms. The van der Waals surface area contributed by atoms with Crippen LogP contribution in [-0.2, 0) is 12.8 Å². The molecular formula is C14H13N5O2. The molecule has 21 heavy (non-hydrogen) atoms. The summed E-state index contributed by atoms with van der Waals surface area (Å²) >= 11 is 0. The Morgan fingerprint density at radius 3 is 3.14 bits per heavy atom. The molecule has 0 saturated heterocycles. The number of nitro groups is 1. The SMILES string of the molecule is N#Cc1ccc(NC2CCc3[nH]ncc3C2)c([N+](=O)[O-])c1. The van der Waals surface area contributed by atoms with Crippen molar-refractivity contribution in [3.8, 4) is 6.07 Å². The first-order valence-corrected chi connectivity index (χ1v) is 6.63. The van der Waals surface area contributed by atoms with Gasteiger partial charge in [0.1, 0.15) is 5.69 Å². The lowest BCUT2D eigenvalue weighted by Crippen LogP contribution is -2.27. The van der Waals surface area contributed by atoms with Crippen molar-refractivity contribution in [3.05, 3.63) is 51.3 Å². The zero-order chi connectivity index (χ0) is 14.8. The summed E-state index contributed by atoms with van der Waals surface area (Å²) in [6.45, 7) is 0. The Morgan fingerprint density at radius 2 is 2.38 bits per heavy atom. The van der Waals surface area contributed by atoms with E-state index in [2.05, 4.69) is 15.5 Å². The molecule has 0 radical (unpaired) electrons. The maximum Gasteiger partial charge on any atom is 0.293 e. The van der Waals surface area contributed by atoms with E-state index >= 15 is 0 Å². The smallest absolute Gasteiger partial charge is 0.293 e. The Hall–Kier alpha value is -2.88. The van der Waals surface area contributed by atoms with Crippen molar-refractivity contribution in [2.24, 2.45) is 0 Å². The van der Waals surface area contributed by atoms with E-state index in [-0.39, 0.29) is 17.3 Å². The van der Waals surface area contributed by atoms with Crippen LogP contribution in [0.2, 0.25) is 0 Å². The van der Waals surface area contributed by atoms with Gasteiger partial charge in [-0.3, -0.25) is 15.2 Å². The van der Waals surface area contributed by atoms with E-state index in [9.17, 15) is 10.1 Å². The summed E-state index contributed by atoms with van der Waals surface area (Å²) in [5.74, 6) is 0. The molecule has 7 heteroatoms. The number of nitrogens with one attached hydrogen (secondary N) is 2. The van der Waals surface area contributed by atoms with Crippen LogP contribution in [0.4, 0.5) is 11.4 Å². The lowest BCUT2D eigenvalue weighted by atomic mass is 9.93. The van der Waals surface area contributed by atoms with E-state index in [1.165, 1.54) is 6.07 Å². The van der Waals surface area contributed by atoms with Gasteiger partial charge in [0.2, 0.25) is 0 Å². The molecule has 1 aromatic carbocycles. The van der Waals surface area contributed by atoms with Crippen LogP contribution in [0, 0.1) is 21.4 Å². The third-order valence-electron chi connectivity index (χ3n) is 3.70. The van der Waals surface area contributed by atoms with Crippen LogP contribution in [-0.4, -0.2) is 21.2 Å². The van der Waals surface area contributed by atoms with E-state index in [1.807, 2.05) is 6.07 Å². The van der Waals surface area contributed by atoms with E-state index in [1.54, 1.807) is 18.3 Å². The number of aromatic nitrogens is 2. The van der Waals surface area contributed by atoms with E-state index in [0.29, 0.717) is 5.69 Å². The number of nitriles is 1. The van der Waals surface area contributed by atoms with Crippen LogP contribution in [0.3, 0.4) is 0 Å². The molecule has 1 aliphatic carbocycles. The van der Waals surface area contributed by atoms with Crippen molar-refractivity contribution in [2.45, 2.75) is 25.3 Å². The van der Waals surface area contributed by atoms with Crippen molar-refractivity contribution < 1.29 is 4.92 Å². The highest BCUT2D eigenvalue weighted by atomic mass is 16.6. The largest absolute Gasteiger partial charge is 0.376 e. The predicted molar refractivity (Wildman–Crippen MR) is 75.8 cm³/mol. The van der Waals surface area contributed by atoms with Gasteiger partial charge in [-0.1, -0.05) is 0 Å². The minimum Gasteiger partial charge on any atom is -0.376 e. The summed E-state index contributed by atoms with van der Waals surface area (Å²) in [5.41, 5.74) is 2.97. The molecule has 7 nitrogen and oxygen atoms in total. The monoisotopic (exact) mass is 283 g/mol. The average Bonchev–Trinajstić information content (AvgIpc) is 2.95. The van der Waals surface area contributed by atoms with Gasteiger partial charge in [-0.05, 0) is 37.0 Å². The lowest BCUT2D eigenvalue weighted by Gasteiger charge is -2.23. The number of nitro benzene ring substituents is 1. The second-order valence-electron chi connectivity index (χ2n) is 5.06. The Kier molecular flexibility index (Phi) is 3.28. The standard InChI is InChI=1S/C14H13N5O2/c15-7-9-1-3-13(14(5-9)19(20)21)17-11-2-4-12-10(6-11)8-16-18-12/h1,3,5,8,11,17H,2,4,6H2,(H,16,18). The van der Waals surface area contributed by atoms with Crippen LogP contribution < -0.4 is 5.32 Å². The van der Waals surface area contributed by atoms with Gasteiger partial charge in [0.15, 0.2) is 0 Å². The number of hydrogen-bond acceptors (Lipinski definition) is 5. The number of anilines is 1. The summed E-state index contributed by atoms with van der Waals surface area (Å²) in [4.78, 5) is 10.7. The summed E-state index contributed by atoms with van der Waals surface area (Å²) in [7, 11) is 0. The van der Waals surface area contributed by atoms with Gasteiger partial charge < -0.3 is 5.32 Å². The first kappa shape index (κ1) is 13.1. The molecule has 106 valence electrons. The Labute approximate surface area is 120 Å². The predicted octanol–water partition coefficient (Wildman–Crippen LogP) is 2.16. The number of rotatable bonds is 3. The fourth-order valence-electron chi connectivity index (χ4n) is 2.63. The van der Waals surface area contributed by atoms with Gasteiger partial charge in [-0.25, -0.2) is 0 Å². The van der Waals surface area contributed by atoms with Crippen LogP contribution in [0.5, 0.6) is 0 Å². The molecule has 0 amide bonds. The minimum absolute atomic E-state index is 0.0629. The highest BCUT2D eigenvalue weighted by Gasteiger charge is 2.23. The molecule has 0 fully saturated rings. The van der Waals surface area contributed by atoms with E-state index in [0.717, 1.165) is 30.5 Å². The van der Waals surface area contributed by atoms with Crippen molar-refractivity contribution in [3.63, 3.8) is 0 Å². The molecule has 1 atom stereocenters. The number of aromatic amines is 1. The third-order valence-corrected chi connectivity index (χ3v) is 3.70. The Morgan fingerprint density at radius 1 is 1.52 bits per heavy atom. The van der Waals surface area contributed by atoms with Crippen molar-refractivity contribution in [2.75, 3.05) is 5.32 Å². The number of aryl methyl sites for hydroxylation is 1. The lowest BCUT2D eigenvalue weighted by molar-refractivity contribution is -0.384. The Bertz CT molecular complexity index is 731. The molecule has 2 N–H and O–H groups in total. The quantitative estimate of drug-likeness (QED) is 0.663. The number of H-pyrrole nitrogens is 1. The summed E-state index contributed by atoms with van der Waals surface area (Å²) in [6.07, 6.45) is 4.34. The van der Waals surface area contributed by atoms with E-state index < -0.39 is 4.92 Å². The number of benzene rings is 1. The molecule has 1 heterocycles. The molecule has 3 rings (SSSR count). The maximum absolute atomic E-state index is 11.1. The zero-order valence-electron chi connectivity index (χ0n) is 11.2. The van der Waals surface area contributed by atoms with E-state index in [4.69, 9.17) is 5.26 Å². The maximum atomic E-state index is 11.1. The van der Waals surface area contributed by atoms with Gasteiger partial charge >= 0.3 is 0 Å². The summed E-state index contributed by atoms with van der Waals surface area (Å²) in [5, 5.41) is 30.2. The minimum atomic E-state index is -0.463. The van der Waals surface area contributed by atoms with Crippen LogP contribution in [0.1, 0.15) is 23.2 Å². The second kappa shape index (κ2) is 5.25. The van der Waals surface area contributed by atoms with Gasteiger partial charge in [0, 0.05) is 17.8 Å². The molecule has 2 aromatic rings. The topological polar surface area (TPSA) is 108 Å². The molecule has 0 spiro atoms. The highest BCUT2D eigenvalue weighted by molar-refractivity contribution is 5.64. The first-order chi connectivity index (χ1) is 10.2. The molecule has 1 unspecified atom stereocenters. The molecule has 0 aliphatic heterocycles. The normalized spacial score (nSPS) is 16.8. The van der Waals surface area contributed by atoms with Gasteiger partial charge in [-0.15, -0.1) is 0 Å². The van der Waals surface area contributed by atoms with Gasteiger partial charge in [-0.2, -0.15) is 10.4 Å². The highest BCUT2D eigenvalue weighted by Crippen LogP contribution is 2.29. The van der Waals surface area contributed by atoms with Gasteiger partial charge in [0.25, 0.3) is 5.69 Å². The molecular weight excluding hydrogens is 270 g/mol. The molecule has 1 aliphatic rings. The molecule has 1 aromatic heterocycles. The second-order valence-corrected chi connectivity index (χ2v) is 5.06. The third kappa shape index (κ3) is 2.56. The van der Waals surface area contributed by atoms with Crippen LogP contribution in [0.25, 0.3) is 0 Å². The van der Waals surface area contributed by atoms with Crippen molar-refractivity contribution in [1.82, 2.24) is 10.2 Å². The number of hydrogen-bond donors (Lipinski definition) is 2. The Balaban J connectivity index is 1.83. The zero-order valence-corrected chi connectivity index (χ0v) is 11.2. The van der Waals surface area contributed by atoms with Crippen molar-refractivity contribution in [1.29, 1.82) is 5.26 Å². The van der Waals surface area contributed by atoms with Gasteiger partial charge in [0.05, 0.1) is 22.8 Å². The average molecular weight is 283 g/mol. The molecule has 0 saturated carbocycles. The number of fused-ring (bicyclic) bond motifs is 1. The summed E-state index contributed by atoms with van der Waals surface area (Å²) < 4.78 is 0. The van der Waals surface area contributed by atoms with Crippen molar-refractivity contribution >= 4 is 11.4 Å². The van der Waals surface area contributed by atoms with Crippen LogP contribution in [0.15, 0.2) is 24.4 Å². The summed E-state index contributed by atoms with van der Waals surface area (Å²) in [6, 6.07) is 6.53. The fourth-order valence-corrected chi connectivity index (χ4v) is 2.63. The van der Waals surface area contributed by atoms with Crippen LogP contribution >= 0.6 is 0 Å².